The van der Waals surface area contributed by atoms with Gasteiger partial charge in [0, 0.05) is 13.7 Å². The third-order valence-corrected chi connectivity index (χ3v) is 2.81. The number of hydrogen-bond donors (Lipinski definition) is 1. The van der Waals surface area contributed by atoms with Crippen LogP contribution < -0.4 is 10.1 Å². The van der Waals surface area contributed by atoms with Crippen molar-refractivity contribution in [3.05, 3.63) is 29.8 Å². The molecule has 0 spiro atoms. The first-order chi connectivity index (χ1) is 8.88. The Morgan fingerprint density at radius 3 is 2.72 bits per heavy atom. The van der Waals surface area contributed by atoms with Crippen molar-refractivity contribution in [2.24, 2.45) is 0 Å². The summed E-state index contributed by atoms with van der Waals surface area (Å²) >= 11 is 0. The van der Waals surface area contributed by atoms with Crippen LogP contribution in [0.2, 0.25) is 0 Å². The van der Waals surface area contributed by atoms with Crippen LogP contribution in [0, 0.1) is 0 Å². The van der Waals surface area contributed by atoms with Crippen LogP contribution >= 0.6 is 0 Å². The number of unbranched alkanes of at least 4 members (excludes halogenated alkanes) is 1. The van der Waals surface area contributed by atoms with Gasteiger partial charge in [-0.1, -0.05) is 18.2 Å². The van der Waals surface area contributed by atoms with Crippen LogP contribution in [0.1, 0.15) is 25.3 Å². The summed E-state index contributed by atoms with van der Waals surface area (Å²) in [6.45, 7) is 5.53. The SMILES string of the molecule is CCOc1ccccc1CCCCNCCOC. The van der Waals surface area contributed by atoms with E-state index in [4.69, 9.17) is 9.47 Å². The van der Waals surface area contributed by atoms with Crippen molar-refractivity contribution in [2.45, 2.75) is 26.2 Å². The highest BCUT2D eigenvalue weighted by molar-refractivity contribution is 5.33. The maximum absolute atomic E-state index is 5.61. The molecule has 0 aliphatic rings. The minimum atomic E-state index is 0.732. The lowest BCUT2D eigenvalue weighted by atomic mass is 10.1. The summed E-state index contributed by atoms with van der Waals surface area (Å²) in [6.07, 6.45) is 3.45. The number of rotatable bonds is 10. The summed E-state index contributed by atoms with van der Waals surface area (Å²) in [6, 6.07) is 8.31. The van der Waals surface area contributed by atoms with E-state index in [2.05, 4.69) is 23.5 Å². The van der Waals surface area contributed by atoms with E-state index in [0.29, 0.717) is 0 Å². The van der Waals surface area contributed by atoms with Gasteiger partial charge < -0.3 is 14.8 Å². The first kappa shape index (κ1) is 15.0. The highest BCUT2D eigenvalue weighted by Crippen LogP contribution is 2.19. The average Bonchev–Trinajstić information content (AvgIpc) is 2.40. The number of para-hydroxylation sites is 1. The molecule has 0 aliphatic heterocycles. The van der Waals surface area contributed by atoms with E-state index in [1.807, 2.05) is 13.0 Å². The second-order valence-electron chi connectivity index (χ2n) is 4.24. The van der Waals surface area contributed by atoms with Crippen molar-refractivity contribution < 1.29 is 9.47 Å². The summed E-state index contributed by atoms with van der Waals surface area (Å²) in [5.74, 6) is 1.03. The molecule has 0 unspecified atom stereocenters. The summed E-state index contributed by atoms with van der Waals surface area (Å²) in [4.78, 5) is 0. The maximum atomic E-state index is 5.61. The first-order valence-corrected chi connectivity index (χ1v) is 6.78. The Bertz CT molecular complexity index is 315. The molecular weight excluding hydrogens is 226 g/mol. The number of nitrogens with one attached hydrogen (secondary N) is 1. The van der Waals surface area contributed by atoms with Gasteiger partial charge in [-0.3, -0.25) is 0 Å². The Balaban J connectivity index is 2.18. The Labute approximate surface area is 110 Å². The van der Waals surface area contributed by atoms with Gasteiger partial charge in [0.05, 0.1) is 13.2 Å². The predicted octanol–water partition coefficient (Wildman–Crippen LogP) is 2.64. The van der Waals surface area contributed by atoms with Gasteiger partial charge in [-0.2, -0.15) is 0 Å². The molecule has 0 atom stereocenters. The molecule has 18 heavy (non-hydrogen) atoms. The predicted molar refractivity (Wildman–Crippen MR) is 75.3 cm³/mol. The van der Waals surface area contributed by atoms with Crippen molar-refractivity contribution in [3.8, 4) is 5.75 Å². The highest BCUT2D eigenvalue weighted by atomic mass is 16.5. The van der Waals surface area contributed by atoms with Crippen LogP contribution in [0.15, 0.2) is 24.3 Å². The maximum Gasteiger partial charge on any atom is 0.122 e. The Hall–Kier alpha value is -1.06. The first-order valence-electron chi connectivity index (χ1n) is 6.78. The molecule has 0 aromatic heterocycles. The number of benzene rings is 1. The van der Waals surface area contributed by atoms with Gasteiger partial charge in [0.15, 0.2) is 0 Å². The molecule has 1 aromatic rings. The molecule has 0 heterocycles. The highest BCUT2D eigenvalue weighted by Gasteiger charge is 2.01. The van der Waals surface area contributed by atoms with E-state index >= 15 is 0 Å². The molecule has 1 rings (SSSR count). The molecule has 0 saturated carbocycles. The molecule has 0 saturated heterocycles. The zero-order chi connectivity index (χ0) is 13.1. The van der Waals surface area contributed by atoms with Crippen molar-refractivity contribution >= 4 is 0 Å². The van der Waals surface area contributed by atoms with Crippen molar-refractivity contribution in [2.75, 3.05) is 33.4 Å². The van der Waals surface area contributed by atoms with Crippen LogP contribution in [0.3, 0.4) is 0 Å². The summed E-state index contributed by atoms with van der Waals surface area (Å²) in [7, 11) is 1.73. The van der Waals surface area contributed by atoms with Gasteiger partial charge >= 0.3 is 0 Å². The molecule has 0 amide bonds. The van der Waals surface area contributed by atoms with Crippen molar-refractivity contribution in [1.82, 2.24) is 5.32 Å². The third kappa shape index (κ3) is 6.03. The van der Waals surface area contributed by atoms with Crippen molar-refractivity contribution in [1.29, 1.82) is 0 Å². The van der Waals surface area contributed by atoms with E-state index in [-0.39, 0.29) is 0 Å². The van der Waals surface area contributed by atoms with Gasteiger partial charge in [0.25, 0.3) is 0 Å². The second-order valence-corrected chi connectivity index (χ2v) is 4.24. The quantitative estimate of drug-likeness (QED) is 0.648. The normalized spacial score (nSPS) is 10.6. The molecule has 3 nitrogen and oxygen atoms in total. The molecule has 102 valence electrons. The summed E-state index contributed by atoms with van der Waals surface area (Å²) in [5.41, 5.74) is 1.32. The van der Waals surface area contributed by atoms with E-state index in [1.165, 1.54) is 18.4 Å². The summed E-state index contributed by atoms with van der Waals surface area (Å²) < 4.78 is 10.6. The fraction of sp³-hybridized carbons (Fsp3) is 0.600. The van der Waals surface area contributed by atoms with Gasteiger partial charge in [0.2, 0.25) is 0 Å². The van der Waals surface area contributed by atoms with Crippen molar-refractivity contribution in [3.63, 3.8) is 0 Å². The molecule has 0 radical (unpaired) electrons. The summed E-state index contributed by atoms with van der Waals surface area (Å²) in [5, 5.41) is 3.36. The van der Waals surface area contributed by atoms with Gasteiger partial charge in [0.1, 0.15) is 5.75 Å². The molecule has 0 aliphatic carbocycles. The van der Waals surface area contributed by atoms with Crippen LogP contribution in [-0.2, 0) is 11.2 Å². The van der Waals surface area contributed by atoms with Crippen LogP contribution in [0.25, 0.3) is 0 Å². The second kappa shape index (κ2) is 9.92. The molecular formula is C15H25NO2. The van der Waals surface area contributed by atoms with E-state index in [0.717, 1.165) is 38.5 Å². The fourth-order valence-electron chi connectivity index (χ4n) is 1.87. The van der Waals surface area contributed by atoms with E-state index in [1.54, 1.807) is 7.11 Å². The molecule has 3 heteroatoms. The Morgan fingerprint density at radius 1 is 1.11 bits per heavy atom. The smallest absolute Gasteiger partial charge is 0.122 e. The lowest BCUT2D eigenvalue weighted by Gasteiger charge is -2.10. The minimum Gasteiger partial charge on any atom is -0.494 e. The number of ether oxygens (including phenoxy) is 2. The van der Waals surface area contributed by atoms with Crippen LogP contribution in [-0.4, -0.2) is 33.4 Å². The van der Waals surface area contributed by atoms with Gasteiger partial charge in [-0.05, 0) is 44.4 Å². The van der Waals surface area contributed by atoms with E-state index < -0.39 is 0 Å². The van der Waals surface area contributed by atoms with Crippen LogP contribution in [0.4, 0.5) is 0 Å². The number of aryl methyl sites for hydroxylation is 1. The molecule has 0 bridgehead atoms. The lowest BCUT2D eigenvalue weighted by molar-refractivity contribution is 0.199. The standard InChI is InChI=1S/C15H25NO2/c1-3-18-15-10-5-4-8-14(15)9-6-7-11-16-12-13-17-2/h4-5,8,10,16H,3,6-7,9,11-13H2,1-2H3. The van der Waals surface area contributed by atoms with Crippen LogP contribution in [0.5, 0.6) is 5.75 Å². The Morgan fingerprint density at radius 2 is 1.94 bits per heavy atom. The zero-order valence-electron chi connectivity index (χ0n) is 11.6. The largest absolute Gasteiger partial charge is 0.494 e. The average molecular weight is 251 g/mol. The monoisotopic (exact) mass is 251 g/mol. The third-order valence-electron chi connectivity index (χ3n) is 2.81. The van der Waals surface area contributed by atoms with Gasteiger partial charge in [-0.15, -0.1) is 0 Å². The fourth-order valence-corrected chi connectivity index (χ4v) is 1.87. The van der Waals surface area contributed by atoms with E-state index in [9.17, 15) is 0 Å². The minimum absolute atomic E-state index is 0.732. The number of hydrogen-bond acceptors (Lipinski definition) is 3. The lowest BCUT2D eigenvalue weighted by Crippen LogP contribution is -2.20. The molecule has 1 aromatic carbocycles. The zero-order valence-corrected chi connectivity index (χ0v) is 11.6. The number of methoxy groups -OCH3 is 1. The topological polar surface area (TPSA) is 30.5 Å². The molecule has 0 fully saturated rings. The molecule has 1 N–H and O–H groups in total. The Kier molecular flexibility index (Phi) is 8.26. The van der Waals surface area contributed by atoms with Gasteiger partial charge in [-0.25, -0.2) is 0 Å².